The molecular formula is C21H30N7O14P2S+. The fourth-order valence-electron chi connectivity index (χ4n) is 5.34. The minimum atomic E-state index is -5.36. The second-order valence-corrected chi connectivity index (χ2v) is 15.3. The molecule has 21 nitrogen and oxygen atoms in total. The van der Waals surface area contributed by atoms with E-state index in [1.807, 2.05) is 0 Å². The van der Waals surface area contributed by atoms with Crippen LogP contribution in [0.3, 0.4) is 0 Å². The summed E-state index contributed by atoms with van der Waals surface area (Å²) in [6.07, 6.45) is -5.93. The van der Waals surface area contributed by atoms with E-state index in [1.54, 1.807) is 12.3 Å². The van der Waals surface area contributed by atoms with Crippen LogP contribution in [0.25, 0.3) is 11.2 Å². The predicted octanol–water partition coefficient (Wildman–Crippen LogP) is -4.02. The SMILES string of the molecule is NC(=O)[C@]12CN([C@@H]3O[C@H](COP(=O)(O)OP(=O)(O)OC[C@H]4O[C@@H](n5cnc6c(N)ncnc65)[C@H](O)[C@@H]4O)[C@@H](O)[C@H]3O)C=C[C@H]1[SH+]2. The fourth-order valence-corrected chi connectivity index (χ4v) is 8.68. The highest BCUT2D eigenvalue weighted by atomic mass is 32.2. The molecule has 2 unspecified atom stereocenters. The van der Waals surface area contributed by atoms with Gasteiger partial charge in [-0.3, -0.25) is 18.4 Å². The van der Waals surface area contributed by atoms with Crippen molar-refractivity contribution in [1.29, 1.82) is 0 Å². The van der Waals surface area contributed by atoms with Crippen LogP contribution in [-0.4, -0.2) is 133 Å². The van der Waals surface area contributed by atoms with Crippen molar-refractivity contribution in [2.45, 2.75) is 59.1 Å². The molecule has 12 atom stereocenters. The highest BCUT2D eigenvalue weighted by Gasteiger charge is 2.73. The van der Waals surface area contributed by atoms with Gasteiger partial charge in [0.2, 0.25) is 0 Å². The summed E-state index contributed by atoms with van der Waals surface area (Å²) < 4.78 is 50.3. The number of nitrogens with two attached hydrogens (primary N) is 2. The van der Waals surface area contributed by atoms with E-state index >= 15 is 0 Å². The van der Waals surface area contributed by atoms with Gasteiger partial charge in [0.1, 0.15) is 48.5 Å². The Morgan fingerprint density at radius 2 is 1.60 bits per heavy atom. The van der Waals surface area contributed by atoms with Crippen molar-refractivity contribution in [2.24, 2.45) is 5.73 Å². The molecule has 45 heavy (non-hydrogen) atoms. The first kappa shape index (κ1) is 32.7. The minimum Gasteiger partial charge on any atom is -0.387 e. The number of hydrogen-bond acceptors (Lipinski definition) is 17. The number of aromatic nitrogens is 4. The first-order valence-electron chi connectivity index (χ1n) is 13.2. The number of fused-ring (bicyclic) bond motifs is 2. The van der Waals surface area contributed by atoms with Gasteiger partial charge in [0, 0.05) is 18.0 Å². The van der Waals surface area contributed by atoms with E-state index in [1.165, 1.54) is 15.8 Å². The Morgan fingerprint density at radius 1 is 1.00 bits per heavy atom. The van der Waals surface area contributed by atoms with E-state index in [2.05, 4.69) is 19.3 Å². The van der Waals surface area contributed by atoms with Crippen LogP contribution in [0.1, 0.15) is 6.23 Å². The third kappa shape index (κ3) is 6.12. The largest absolute Gasteiger partial charge is 0.481 e. The maximum absolute atomic E-state index is 12.5. The number of thiol groups is 1. The Hall–Kier alpha value is -2.27. The smallest absolute Gasteiger partial charge is 0.387 e. The van der Waals surface area contributed by atoms with Crippen molar-refractivity contribution < 1.29 is 67.0 Å². The molecule has 24 heteroatoms. The Morgan fingerprint density at radius 3 is 2.22 bits per heavy atom. The number of ether oxygens (including phenoxy) is 2. The average Bonchev–Trinajstić information content (AvgIpc) is 3.32. The molecule has 4 aliphatic rings. The van der Waals surface area contributed by atoms with Crippen LogP contribution in [0.2, 0.25) is 0 Å². The monoisotopic (exact) mass is 698 g/mol. The number of amides is 1. The van der Waals surface area contributed by atoms with Crippen LogP contribution in [0, 0.1) is 0 Å². The fraction of sp³-hybridized carbons (Fsp3) is 0.619. The topological polar surface area (TPSA) is 318 Å². The maximum Gasteiger partial charge on any atom is 0.481 e. The van der Waals surface area contributed by atoms with Gasteiger partial charge in [-0.05, 0) is 6.08 Å². The molecule has 4 aliphatic heterocycles. The molecule has 3 saturated heterocycles. The van der Waals surface area contributed by atoms with Crippen LogP contribution in [0.4, 0.5) is 5.82 Å². The molecular weight excluding hydrogens is 668 g/mol. The molecule has 0 bridgehead atoms. The summed E-state index contributed by atoms with van der Waals surface area (Å²) in [6, 6.07) is 0. The van der Waals surface area contributed by atoms with Crippen LogP contribution >= 0.6 is 15.6 Å². The number of phosphoric acid groups is 2. The van der Waals surface area contributed by atoms with Gasteiger partial charge in [-0.25, -0.2) is 24.1 Å². The molecule has 248 valence electrons. The number of rotatable bonds is 11. The van der Waals surface area contributed by atoms with E-state index < -0.39 is 88.6 Å². The van der Waals surface area contributed by atoms with E-state index in [4.69, 9.17) is 30.0 Å². The highest BCUT2D eigenvalue weighted by molar-refractivity contribution is 7.90. The van der Waals surface area contributed by atoms with E-state index in [0.29, 0.717) is 0 Å². The molecule has 0 aromatic carbocycles. The summed E-state index contributed by atoms with van der Waals surface area (Å²) in [5.74, 6) is -0.470. The zero-order valence-corrected chi connectivity index (χ0v) is 25.5. The predicted molar refractivity (Wildman–Crippen MR) is 149 cm³/mol. The van der Waals surface area contributed by atoms with Gasteiger partial charge in [0.05, 0.1) is 26.1 Å². The molecule has 1 amide bonds. The third-order valence-electron chi connectivity index (χ3n) is 7.77. The standard InChI is InChI=1S/C21H29N7O14P2S/c22-16-11-17(25-6-24-16)28(7-26-11)19-15(32)13(30)9(41-19)4-39-44(36,37)42-43(34,35)38-3-8-12(29)14(31)18(40-8)27-2-1-10-21(5-27,45-10)20(23)33/h1-2,6-10,12-15,18-19,29-32H,3-5H2,(H2,23,33)(H,34,35)(H,36,37)(H2,22,24,25)/p+1/t8-,9-,10-,12-,13-,14-,15-,18-,19-,21+/m1/s1. The molecule has 0 spiro atoms. The summed E-state index contributed by atoms with van der Waals surface area (Å²) in [4.78, 5) is 45.4. The summed E-state index contributed by atoms with van der Waals surface area (Å²) >= 11 is 0.796. The number of phosphoric ester groups is 2. The summed E-state index contributed by atoms with van der Waals surface area (Å²) in [5.41, 5.74) is 11.6. The van der Waals surface area contributed by atoms with Gasteiger partial charge in [-0.2, -0.15) is 4.31 Å². The number of hydrogen-bond donors (Lipinski definition) is 8. The van der Waals surface area contributed by atoms with Gasteiger partial charge < -0.3 is 56.1 Å². The number of carbonyl (C=O) groups is 1. The Kier molecular flexibility index (Phi) is 8.53. The average molecular weight is 699 g/mol. The Labute approximate surface area is 256 Å². The number of nitrogen functional groups attached to an aromatic ring is 1. The quantitative estimate of drug-likeness (QED) is 0.0479. The molecule has 10 N–H and O–H groups in total. The first-order chi connectivity index (χ1) is 21.1. The van der Waals surface area contributed by atoms with Crippen molar-refractivity contribution in [3.05, 3.63) is 24.9 Å². The number of imidazole rings is 1. The maximum atomic E-state index is 12.5. The second kappa shape index (κ2) is 11.8. The lowest BCUT2D eigenvalue weighted by Gasteiger charge is -2.31. The molecule has 6 heterocycles. The summed E-state index contributed by atoms with van der Waals surface area (Å²) in [5, 5.41) is 41.8. The molecule has 0 aliphatic carbocycles. The lowest BCUT2D eigenvalue weighted by Crippen LogP contribution is -2.51. The molecule has 2 aromatic rings. The Balaban J connectivity index is 1.02. The van der Waals surface area contributed by atoms with Gasteiger partial charge in [-0.1, -0.05) is 0 Å². The molecule has 3 fully saturated rings. The zero-order chi connectivity index (χ0) is 32.5. The van der Waals surface area contributed by atoms with Crippen molar-refractivity contribution in [3.63, 3.8) is 0 Å². The second-order valence-electron chi connectivity index (χ2n) is 10.7. The van der Waals surface area contributed by atoms with Crippen LogP contribution < -0.4 is 11.5 Å². The first-order valence-corrected chi connectivity index (χ1v) is 17.2. The molecule has 0 radical (unpaired) electrons. The third-order valence-corrected chi connectivity index (χ3v) is 12.1. The van der Waals surface area contributed by atoms with Crippen LogP contribution in [0.15, 0.2) is 24.9 Å². The lowest BCUT2D eigenvalue weighted by atomic mass is 10.0. The zero-order valence-electron chi connectivity index (χ0n) is 22.8. The molecule has 2 aromatic heterocycles. The van der Waals surface area contributed by atoms with Crippen molar-refractivity contribution in [2.75, 3.05) is 25.5 Å². The summed E-state index contributed by atoms with van der Waals surface area (Å²) in [7, 11) is -10.7. The Bertz CT molecular complexity index is 1600. The number of aliphatic hydroxyl groups excluding tert-OH is 4. The van der Waals surface area contributed by atoms with Gasteiger partial charge >= 0.3 is 15.6 Å². The number of primary amides is 1. The molecule has 6 rings (SSSR count). The normalized spacial score (nSPS) is 38.6. The summed E-state index contributed by atoms with van der Waals surface area (Å²) in [6.45, 7) is -1.65. The van der Waals surface area contributed by atoms with Crippen LogP contribution in [-0.2, 0) is 48.5 Å². The van der Waals surface area contributed by atoms with E-state index in [-0.39, 0.29) is 28.8 Å². The molecule has 0 saturated carbocycles. The van der Waals surface area contributed by atoms with Gasteiger partial charge in [0.15, 0.2) is 29.2 Å². The van der Waals surface area contributed by atoms with Gasteiger partial charge in [0.25, 0.3) is 10.7 Å². The number of anilines is 1. The number of carbonyl (C=O) groups excluding carboxylic acids is 1. The van der Waals surface area contributed by atoms with E-state index in [0.717, 1.165) is 18.1 Å². The number of nitrogens with zero attached hydrogens (tertiary/aromatic N) is 5. The van der Waals surface area contributed by atoms with Crippen molar-refractivity contribution in [1.82, 2.24) is 24.4 Å². The van der Waals surface area contributed by atoms with Crippen molar-refractivity contribution >= 4 is 50.3 Å². The minimum absolute atomic E-state index is 0.0546. The van der Waals surface area contributed by atoms with Crippen molar-refractivity contribution in [3.8, 4) is 0 Å². The number of aliphatic hydroxyl groups is 4. The highest BCUT2D eigenvalue weighted by Crippen LogP contribution is 2.60. The van der Waals surface area contributed by atoms with E-state index in [9.17, 15) is 44.1 Å². The van der Waals surface area contributed by atoms with Gasteiger partial charge in [-0.15, -0.1) is 0 Å². The van der Waals surface area contributed by atoms with Crippen LogP contribution in [0.5, 0.6) is 0 Å². The lowest BCUT2D eigenvalue weighted by molar-refractivity contribution is -0.122.